The molecule has 1 aromatic heterocycles. The Morgan fingerprint density at radius 3 is 2.52 bits per heavy atom. The van der Waals surface area contributed by atoms with Gasteiger partial charge in [-0.25, -0.2) is 9.59 Å². The number of amides is 1. The van der Waals surface area contributed by atoms with Crippen LogP contribution in [0.1, 0.15) is 55.5 Å². The summed E-state index contributed by atoms with van der Waals surface area (Å²) in [7, 11) is 1.36. The van der Waals surface area contributed by atoms with Crippen LogP contribution in [0, 0.1) is 6.92 Å². The zero-order chi connectivity index (χ0) is 18.6. The van der Waals surface area contributed by atoms with Crippen molar-refractivity contribution in [2.45, 2.75) is 58.7 Å². The third kappa shape index (κ3) is 5.77. The van der Waals surface area contributed by atoms with Crippen LogP contribution in [-0.2, 0) is 16.0 Å². The van der Waals surface area contributed by atoms with Gasteiger partial charge < -0.3 is 19.2 Å². The lowest BCUT2D eigenvalue weighted by Crippen LogP contribution is -2.45. The van der Waals surface area contributed by atoms with Crippen LogP contribution < -0.4 is 5.32 Å². The van der Waals surface area contributed by atoms with Crippen LogP contribution in [0.3, 0.4) is 0 Å². The van der Waals surface area contributed by atoms with Crippen molar-refractivity contribution in [2.75, 3.05) is 20.2 Å². The number of rotatable bonds is 4. The summed E-state index contributed by atoms with van der Waals surface area (Å²) < 4.78 is 15.7. The van der Waals surface area contributed by atoms with E-state index in [1.165, 1.54) is 7.11 Å². The number of methoxy groups -OCH3 is 1. The number of carbonyl (C=O) groups is 2. The number of hydrogen-bond donors (Lipinski definition) is 1. The van der Waals surface area contributed by atoms with Gasteiger partial charge in [0, 0.05) is 19.1 Å². The Morgan fingerprint density at radius 1 is 1.32 bits per heavy atom. The van der Waals surface area contributed by atoms with Crippen LogP contribution in [0.5, 0.6) is 0 Å². The van der Waals surface area contributed by atoms with Crippen LogP contribution in [0.2, 0.25) is 0 Å². The zero-order valence-corrected chi connectivity index (χ0v) is 15.7. The smallest absolute Gasteiger partial charge is 0.407 e. The summed E-state index contributed by atoms with van der Waals surface area (Å²) in [6, 6.07) is 1.86. The third-order valence-electron chi connectivity index (χ3n) is 4.06. The van der Waals surface area contributed by atoms with Crippen LogP contribution in [0.15, 0.2) is 10.5 Å². The maximum Gasteiger partial charge on any atom is 0.407 e. The van der Waals surface area contributed by atoms with Crippen molar-refractivity contribution >= 4 is 12.1 Å². The minimum absolute atomic E-state index is 0.120. The molecule has 7 nitrogen and oxygen atoms in total. The van der Waals surface area contributed by atoms with Gasteiger partial charge >= 0.3 is 12.1 Å². The van der Waals surface area contributed by atoms with Gasteiger partial charge in [-0.3, -0.25) is 4.90 Å². The molecule has 1 fully saturated rings. The second-order valence-corrected chi connectivity index (χ2v) is 7.37. The number of hydrogen-bond acceptors (Lipinski definition) is 6. The van der Waals surface area contributed by atoms with Gasteiger partial charge in [0.2, 0.25) is 0 Å². The summed E-state index contributed by atoms with van der Waals surface area (Å²) in [5, 5.41) is 2.92. The second-order valence-electron chi connectivity index (χ2n) is 7.37. The molecule has 0 saturated carbocycles. The van der Waals surface area contributed by atoms with E-state index < -0.39 is 5.60 Å². The number of aryl methyl sites for hydroxylation is 1. The standard InChI is InChI=1S/C18H28N2O5/c1-12-15(16(21)23-5)10-14(24-12)11-20-8-6-13(7-9-20)19-17(22)25-18(2,3)4/h10,13H,6-9,11H2,1-5H3,(H,19,22). The van der Waals surface area contributed by atoms with E-state index >= 15 is 0 Å². The van der Waals surface area contributed by atoms with Crippen molar-refractivity contribution < 1.29 is 23.5 Å². The lowest BCUT2D eigenvalue weighted by molar-refractivity contribution is 0.0475. The van der Waals surface area contributed by atoms with Gasteiger partial charge in [0.25, 0.3) is 0 Å². The molecule has 2 heterocycles. The molecule has 25 heavy (non-hydrogen) atoms. The number of likely N-dealkylation sites (tertiary alicyclic amines) is 1. The van der Waals surface area contributed by atoms with Crippen LogP contribution in [0.25, 0.3) is 0 Å². The third-order valence-corrected chi connectivity index (χ3v) is 4.06. The number of alkyl carbamates (subject to hydrolysis) is 1. The molecule has 7 heteroatoms. The van der Waals surface area contributed by atoms with Gasteiger partial charge in [-0.05, 0) is 46.6 Å². The molecule has 140 valence electrons. The molecule has 0 radical (unpaired) electrons. The maximum atomic E-state index is 11.8. The Balaban J connectivity index is 1.81. The number of ether oxygens (including phenoxy) is 2. The van der Waals surface area contributed by atoms with Gasteiger partial charge in [0.1, 0.15) is 22.7 Å². The fourth-order valence-corrected chi connectivity index (χ4v) is 2.86. The van der Waals surface area contributed by atoms with Gasteiger partial charge in [0.15, 0.2) is 0 Å². The molecule has 0 bridgehead atoms. The Kier molecular flexibility index (Phi) is 6.11. The predicted octanol–water partition coefficient (Wildman–Crippen LogP) is 2.86. The van der Waals surface area contributed by atoms with Gasteiger partial charge in [-0.1, -0.05) is 0 Å². The largest absolute Gasteiger partial charge is 0.465 e. The van der Waals surface area contributed by atoms with Crippen molar-refractivity contribution in [1.29, 1.82) is 0 Å². The molecule has 0 aromatic carbocycles. The molecule has 0 spiro atoms. The van der Waals surface area contributed by atoms with E-state index in [9.17, 15) is 9.59 Å². The molecule has 1 aromatic rings. The second kappa shape index (κ2) is 7.91. The summed E-state index contributed by atoms with van der Waals surface area (Å²) in [5.41, 5.74) is -0.0156. The summed E-state index contributed by atoms with van der Waals surface area (Å²) in [5.74, 6) is 0.938. The maximum absolute atomic E-state index is 11.8. The lowest BCUT2D eigenvalue weighted by atomic mass is 10.1. The number of nitrogens with zero attached hydrogens (tertiary/aromatic N) is 1. The van der Waals surface area contributed by atoms with Gasteiger partial charge in [-0.15, -0.1) is 0 Å². The van der Waals surface area contributed by atoms with E-state index in [-0.39, 0.29) is 18.1 Å². The Morgan fingerprint density at radius 2 is 1.96 bits per heavy atom. The van der Waals surface area contributed by atoms with E-state index in [0.717, 1.165) is 31.7 Å². The van der Waals surface area contributed by atoms with Crippen LogP contribution >= 0.6 is 0 Å². The molecular formula is C18H28N2O5. The first-order chi connectivity index (χ1) is 11.7. The number of nitrogens with one attached hydrogen (secondary N) is 1. The van der Waals surface area contributed by atoms with Gasteiger partial charge in [-0.2, -0.15) is 0 Å². The van der Waals surface area contributed by atoms with Crippen molar-refractivity contribution in [3.63, 3.8) is 0 Å². The summed E-state index contributed by atoms with van der Waals surface area (Å²) in [4.78, 5) is 25.7. The molecule has 1 N–H and O–H groups in total. The summed E-state index contributed by atoms with van der Waals surface area (Å²) >= 11 is 0. The molecule has 1 saturated heterocycles. The monoisotopic (exact) mass is 352 g/mol. The highest BCUT2D eigenvalue weighted by molar-refractivity contribution is 5.90. The zero-order valence-electron chi connectivity index (χ0n) is 15.7. The molecule has 0 unspecified atom stereocenters. The Bertz CT molecular complexity index is 609. The average molecular weight is 352 g/mol. The lowest BCUT2D eigenvalue weighted by Gasteiger charge is -2.32. The Hall–Kier alpha value is -2.02. The molecule has 2 rings (SSSR count). The van der Waals surface area contributed by atoms with Crippen LogP contribution in [-0.4, -0.2) is 48.8 Å². The van der Waals surface area contributed by atoms with E-state index in [1.54, 1.807) is 13.0 Å². The minimum atomic E-state index is -0.487. The highest BCUT2D eigenvalue weighted by atomic mass is 16.6. The molecule has 0 atom stereocenters. The number of furan rings is 1. The fraction of sp³-hybridized carbons (Fsp3) is 0.667. The van der Waals surface area contributed by atoms with Crippen molar-refractivity contribution in [2.24, 2.45) is 0 Å². The normalized spacial score (nSPS) is 16.5. The number of carbonyl (C=O) groups excluding carboxylic acids is 2. The van der Waals surface area contributed by atoms with E-state index in [1.807, 2.05) is 20.8 Å². The van der Waals surface area contributed by atoms with Crippen LogP contribution in [0.4, 0.5) is 4.79 Å². The molecule has 1 amide bonds. The molecule has 0 aliphatic carbocycles. The molecule has 1 aliphatic heterocycles. The first-order valence-corrected chi connectivity index (χ1v) is 8.57. The molecule has 1 aliphatic rings. The van der Waals surface area contributed by atoms with E-state index in [4.69, 9.17) is 13.9 Å². The molecular weight excluding hydrogens is 324 g/mol. The van der Waals surface area contributed by atoms with Crippen molar-refractivity contribution in [3.05, 3.63) is 23.2 Å². The first-order valence-electron chi connectivity index (χ1n) is 8.57. The quantitative estimate of drug-likeness (QED) is 0.839. The van der Waals surface area contributed by atoms with E-state index in [0.29, 0.717) is 17.9 Å². The number of piperidine rings is 1. The summed E-state index contributed by atoms with van der Waals surface area (Å²) in [6.45, 7) is 9.63. The van der Waals surface area contributed by atoms with Gasteiger partial charge in [0.05, 0.1) is 13.7 Å². The number of esters is 1. The first kappa shape index (κ1) is 19.3. The fourth-order valence-electron chi connectivity index (χ4n) is 2.86. The predicted molar refractivity (Wildman–Crippen MR) is 92.5 cm³/mol. The summed E-state index contributed by atoms with van der Waals surface area (Å²) in [6.07, 6.45) is 1.33. The van der Waals surface area contributed by atoms with E-state index in [2.05, 4.69) is 10.2 Å². The highest BCUT2D eigenvalue weighted by Gasteiger charge is 2.24. The van der Waals surface area contributed by atoms with Crippen molar-refractivity contribution in [1.82, 2.24) is 10.2 Å². The topological polar surface area (TPSA) is 81.0 Å². The average Bonchev–Trinajstić information content (AvgIpc) is 2.87. The highest BCUT2D eigenvalue weighted by Crippen LogP contribution is 2.20. The Labute approximate surface area is 148 Å². The SMILES string of the molecule is COC(=O)c1cc(CN2CCC(NC(=O)OC(C)(C)C)CC2)oc1C. The minimum Gasteiger partial charge on any atom is -0.465 e. The van der Waals surface area contributed by atoms with Crippen molar-refractivity contribution in [3.8, 4) is 0 Å².